The average Bonchev–Trinajstić information content (AvgIpc) is 2.63. The maximum atomic E-state index is 12.7. The highest BCUT2D eigenvalue weighted by atomic mass is 16.2. The molecule has 0 N–H and O–H groups in total. The quantitative estimate of drug-likeness (QED) is 0.814. The molecule has 26 heavy (non-hydrogen) atoms. The van der Waals surface area contributed by atoms with E-state index in [1.165, 1.54) is 27.4 Å². The topological polar surface area (TPSA) is 75.5 Å². The molecule has 1 atom stereocenters. The first-order valence-corrected chi connectivity index (χ1v) is 8.61. The largest absolute Gasteiger partial charge is 0.347 e. The number of benzene rings is 1. The zero-order chi connectivity index (χ0) is 18.7. The Hall–Kier alpha value is -2.96. The van der Waals surface area contributed by atoms with Gasteiger partial charge in [-0.3, -0.25) is 14.2 Å². The second-order valence-corrected chi connectivity index (χ2v) is 6.54. The van der Waals surface area contributed by atoms with Gasteiger partial charge < -0.3 is 9.80 Å². The molecule has 7 heteroatoms. The van der Waals surface area contributed by atoms with E-state index in [-0.39, 0.29) is 18.4 Å². The normalized spacial score (nSPS) is 17.5. The van der Waals surface area contributed by atoms with Gasteiger partial charge in [0.05, 0.1) is 0 Å². The highest BCUT2D eigenvalue weighted by Crippen LogP contribution is 2.15. The number of piperazine rings is 1. The monoisotopic (exact) mass is 354 g/mol. The molecule has 136 valence electrons. The molecule has 2 heterocycles. The molecule has 2 aromatic rings. The van der Waals surface area contributed by atoms with Gasteiger partial charge in [0.2, 0.25) is 11.8 Å². The van der Waals surface area contributed by atoms with Gasteiger partial charge in [0.1, 0.15) is 12.6 Å². The third-order valence-corrected chi connectivity index (χ3v) is 4.65. The third-order valence-electron chi connectivity index (χ3n) is 4.65. The van der Waals surface area contributed by atoms with E-state index in [9.17, 15) is 14.4 Å². The van der Waals surface area contributed by atoms with Crippen LogP contribution in [0.4, 0.5) is 0 Å². The van der Waals surface area contributed by atoms with Crippen molar-refractivity contribution >= 4 is 11.8 Å². The minimum absolute atomic E-state index is 0.0799. The molecule has 0 aliphatic carbocycles. The fourth-order valence-electron chi connectivity index (χ4n) is 3.09. The molecule has 1 aromatic carbocycles. The SMILES string of the molecule is Cc1ccc(CN2CCN(C(=O)Cn3cccnc3=O)[C@H](C)C2=O)cc1. The van der Waals surface area contributed by atoms with E-state index in [2.05, 4.69) is 4.98 Å². The molecular weight excluding hydrogens is 332 g/mol. The van der Waals surface area contributed by atoms with Crippen LogP contribution in [0, 0.1) is 6.92 Å². The van der Waals surface area contributed by atoms with E-state index in [1.807, 2.05) is 31.2 Å². The van der Waals surface area contributed by atoms with Gasteiger partial charge in [0, 0.05) is 32.0 Å². The Morgan fingerprint density at radius 1 is 1.19 bits per heavy atom. The lowest BCUT2D eigenvalue weighted by molar-refractivity contribution is -0.151. The Kier molecular flexibility index (Phi) is 5.16. The molecule has 0 spiro atoms. The number of aryl methyl sites for hydroxylation is 1. The zero-order valence-corrected chi connectivity index (χ0v) is 15.0. The molecule has 0 saturated carbocycles. The Morgan fingerprint density at radius 2 is 1.92 bits per heavy atom. The Morgan fingerprint density at radius 3 is 2.62 bits per heavy atom. The Balaban J connectivity index is 1.65. The fourth-order valence-corrected chi connectivity index (χ4v) is 3.09. The highest BCUT2D eigenvalue weighted by Gasteiger charge is 2.34. The van der Waals surface area contributed by atoms with Crippen molar-refractivity contribution in [1.82, 2.24) is 19.4 Å². The van der Waals surface area contributed by atoms with E-state index < -0.39 is 11.7 Å². The lowest BCUT2D eigenvalue weighted by Gasteiger charge is -2.39. The molecule has 7 nitrogen and oxygen atoms in total. The summed E-state index contributed by atoms with van der Waals surface area (Å²) >= 11 is 0. The molecule has 0 bridgehead atoms. The van der Waals surface area contributed by atoms with Crippen molar-refractivity contribution in [3.05, 3.63) is 64.3 Å². The molecule has 2 amide bonds. The van der Waals surface area contributed by atoms with Crippen molar-refractivity contribution < 1.29 is 9.59 Å². The first-order chi connectivity index (χ1) is 12.5. The van der Waals surface area contributed by atoms with E-state index in [0.717, 1.165) is 5.56 Å². The van der Waals surface area contributed by atoms with E-state index >= 15 is 0 Å². The standard InChI is InChI=1S/C19H22N4O3/c1-14-4-6-16(7-5-14)12-21-10-11-23(15(2)18(21)25)17(24)13-22-9-3-8-20-19(22)26/h3-9,15H,10-13H2,1-2H3/t15-/m1/s1. The maximum absolute atomic E-state index is 12.7. The molecular formula is C19H22N4O3. The van der Waals surface area contributed by atoms with Crippen LogP contribution in [-0.2, 0) is 22.7 Å². The van der Waals surface area contributed by atoms with E-state index in [0.29, 0.717) is 19.6 Å². The summed E-state index contributed by atoms with van der Waals surface area (Å²) in [6.07, 6.45) is 2.91. The predicted molar refractivity (Wildman–Crippen MR) is 96.3 cm³/mol. The predicted octanol–water partition coefficient (Wildman–Crippen LogP) is 0.811. The second-order valence-electron chi connectivity index (χ2n) is 6.54. The van der Waals surface area contributed by atoms with Crippen LogP contribution < -0.4 is 5.69 Å². The summed E-state index contributed by atoms with van der Waals surface area (Å²) in [5, 5.41) is 0. The summed E-state index contributed by atoms with van der Waals surface area (Å²) < 4.78 is 1.25. The van der Waals surface area contributed by atoms with Gasteiger partial charge >= 0.3 is 5.69 Å². The molecule has 1 fully saturated rings. The van der Waals surface area contributed by atoms with E-state index in [4.69, 9.17) is 0 Å². The number of hydrogen-bond acceptors (Lipinski definition) is 4. The van der Waals surface area contributed by atoms with Gasteiger partial charge in [-0.15, -0.1) is 0 Å². The van der Waals surface area contributed by atoms with Gasteiger partial charge in [-0.2, -0.15) is 0 Å². The van der Waals surface area contributed by atoms with Gasteiger partial charge in [-0.25, -0.2) is 9.78 Å². The summed E-state index contributed by atoms with van der Waals surface area (Å²) in [4.78, 5) is 43.8. The Labute approximate surface area is 151 Å². The van der Waals surface area contributed by atoms with E-state index in [1.54, 1.807) is 17.9 Å². The van der Waals surface area contributed by atoms with Crippen molar-refractivity contribution in [3.8, 4) is 0 Å². The van der Waals surface area contributed by atoms with Gasteiger partial charge in [0.25, 0.3) is 0 Å². The van der Waals surface area contributed by atoms with Crippen LogP contribution >= 0.6 is 0 Å². The van der Waals surface area contributed by atoms with Crippen LogP contribution in [0.2, 0.25) is 0 Å². The molecule has 3 rings (SSSR count). The molecule has 1 saturated heterocycles. The van der Waals surface area contributed by atoms with Crippen LogP contribution in [0.1, 0.15) is 18.1 Å². The summed E-state index contributed by atoms with van der Waals surface area (Å²) in [6.45, 7) is 5.11. The third kappa shape index (κ3) is 3.82. The van der Waals surface area contributed by atoms with Crippen LogP contribution in [-0.4, -0.2) is 50.3 Å². The summed E-state index contributed by atoms with van der Waals surface area (Å²) in [5.41, 5.74) is 1.77. The lowest BCUT2D eigenvalue weighted by atomic mass is 10.1. The molecule has 0 unspecified atom stereocenters. The molecule has 1 aromatic heterocycles. The van der Waals surface area contributed by atoms with Crippen molar-refractivity contribution in [3.63, 3.8) is 0 Å². The second kappa shape index (κ2) is 7.51. The number of nitrogens with zero attached hydrogens (tertiary/aromatic N) is 4. The van der Waals surface area contributed by atoms with Crippen LogP contribution in [0.25, 0.3) is 0 Å². The fraction of sp³-hybridized carbons (Fsp3) is 0.368. The summed E-state index contributed by atoms with van der Waals surface area (Å²) in [5.74, 6) is -0.334. The summed E-state index contributed by atoms with van der Waals surface area (Å²) in [6, 6.07) is 9.12. The number of carbonyl (C=O) groups is 2. The van der Waals surface area contributed by atoms with Crippen molar-refractivity contribution in [2.45, 2.75) is 33.0 Å². The first kappa shape index (κ1) is 17.8. The minimum atomic E-state index is -0.547. The van der Waals surface area contributed by atoms with Crippen LogP contribution in [0.5, 0.6) is 0 Å². The number of carbonyl (C=O) groups excluding carboxylic acids is 2. The zero-order valence-electron chi connectivity index (χ0n) is 15.0. The van der Waals surface area contributed by atoms with Crippen molar-refractivity contribution in [2.24, 2.45) is 0 Å². The Bertz CT molecular complexity index is 860. The molecule has 0 radical (unpaired) electrons. The number of amides is 2. The lowest BCUT2D eigenvalue weighted by Crippen LogP contribution is -2.58. The van der Waals surface area contributed by atoms with Crippen molar-refractivity contribution in [1.29, 1.82) is 0 Å². The first-order valence-electron chi connectivity index (χ1n) is 8.61. The molecule has 1 aliphatic heterocycles. The van der Waals surface area contributed by atoms with Crippen LogP contribution in [0.15, 0.2) is 47.5 Å². The average molecular weight is 354 g/mol. The highest BCUT2D eigenvalue weighted by molar-refractivity contribution is 5.88. The number of hydrogen-bond donors (Lipinski definition) is 0. The van der Waals surface area contributed by atoms with Gasteiger partial charge in [-0.1, -0.05) is 29.8 Å². The van der Waals surface area contributed by atoms with Crippen molar-refractivity contribution in [2.75, 3.05) is 13.1 Å². The van der Waals surface area contributed by atoms with Gasteiger partial charge in [0.15, 0.2) is 0 Å². The smallest absolute Gasteiger partial charge is 0.335 e. The number of aromatic nitrogens is 2. The number of rotatable bonds is 4. The van der Waals surface area contributed by atoms with Gasteiger partial charge in [-0.05, 0) is 25.5 Å². The summed E-state index contributed by atoms with van der Waals surface area (Å²) in [7, 11) is 0. The van der Waals surface area contributed by atoms with Crippen LogP contribution in [0.3, 0.4) is 0 Å². The molecule has 1 aliphatic rings. The minimum Gasteiger partial charge on any atom is -0.335 e. The maximum Gasteiger partial charge on any atom is 0.347 e.